The molecule has 6 N–H and O–H groups in total. The monoisotopic (exact) mass is 2090 g/mol. The molecule has 1 aliphatic carbocycles. The highest BCUT2D eigenvalue weighted by Gasteiger charge is 2.61. The Morgan fingerprint density at radius 1 is 0.288 bits per heavy atom. The van der Waals surface area contributed by atoms with Gasteiger partial charge in [-0.05, 0) is 113 Å². The van der Waals surface area contributed by atoms with Crippen LogP contribution in [0.1, 0.15) is 247 Å². The summed E-state index contributed by atoms with van der Waals surface area (Å²) in [6, 6.07) is 16.0. The van der Waals surface area contributed by atoms with Gasteiger partial charge in [0.05, 0.1) is 13.1 Å². The third-order valence-corrected chi connectivity index (χ3v) is 24.2. The summed E-state index contributed by atoms with van der Waals surface area (Å²) in [6.45, 7) is 36.2. The van der Waals surface area contributed by atoms with Crippen LogP contribution in [0, 0.1) is 0 Å². The summed E-state index contributed by atoms with van der Waals surface area (Å²) in [7, 11) is 0. The zero-order chi connectivity index (χ0) is 109. The van der Waals surface area contributed by atoms with E-state index in [0.717, 1.165) is 119 Å². The molecule has 0 saturated carbocycles. The van der Waals surface area contributed by atoms with Crippen molar-refractivity contribution in [3.63, 3.8) is 0 Å². The lowest BCUT2D eigenvalue weighted by Crippen LogP contribution is -2.69. The Kier molecular flexibility index (Phi) is 40.6. The van der Waals surface area contributed by atoms with Crippen LogP contribution in [-0.4, -0.2) is 279 Å². The van der Waals surface area contributed by atoms with Crippen molar-refractivity contribution in [2.24, 2.45) is 0 Å². The van der Waals surface area contributed by atoms with Crippen molar-refractivity contribution in [2.75, 3.05) is 52.7 Å². The highest BCUT2D eigenvalue weighted by molar-refractivity contribution is 7.80. The predicted molar refractivity (Wildman–Crippen MR) is 520 cm³/mol. The van der Waals surface area contributed by atoms with Gasteiger partial charge in [0.25, 0.3) is 0 Å². The molecular formula is C102H136N4O38S2. The van der Waals surface area contributed by atoms with Crippen molar-refractivity contribution in [3.05, 3.63) is 115 Å². The van der Waals surface area contributed by atoms with Crippen LogP contribution < -0.4 is 30.7 Å². The molecule has 20 unspecified atom stereocenters. The molecule has 8 bridgehead atoms. The Hall–Kier alpha value is -12.2. The smallest absolute Gasteiger partial charge is 0.303 e. The van der Waals surface area contributed by atoms with Gasteiger partial charge in [-0.3, -0.25) is 67.1 Å². The fourth-order valence-electron chi connectivity index (χ4n) is 17.3. The first-order chi connectivity index (χ1) is 68.0. The third-order valence-electron chi connectivity index (χ3n) is 23.7. The topological polar surface area (TPSA) is 531 Å². The van der Waals surface area contributed by atoms with Gasteiger partial charge >= 0.3 is 83.6 Å². The molecule has 4 aliphatic heterocycles. The first-order valence-corrected chi connectivity index (χ1v) is 48.4. The van der Waals surface area contributed by atoms with Crippen LogP contribution >= 0.6 is 24.4 Å². The van der Waals surface area contributed by atoms with E-state index < -0.39 is 254 Å². The molecule has 0 aromatic heterocycles. The number of rotatable bonds is 32. The summed E-state index contributed by atoms with van der Waals surface area (Å²) in [6.07, 6.45) is -34.0. The average molecular weight is 2090 g/mol. The van der Waals surface area contributed by atoms with Crippen molar-refractivity contribution in [2.45, 2.75) is 350 Å². The zero-order valence-corrected chi connectivity index (χ0v) is 88.7. The van der Waals surface area contributed by atoms with E-state index in [0.29, 0.717) is 56.0 Å². The molecular weight excluding hydrogens is 1950 g/mol. The Bertz CT molecular complexity index is 5060. The second-order valence-corrected chi connectivity index (χ2v) is 41.0. The van der Waals surface area contributed by atoms with E-state index in [9.17, 15) is 77.3 Å². The van der Waals surface area contributed by atoms with Gasteiger partial charge in [0.15, 0.2) is 96.3 Å². The van der Waals surface area contributed by atoms with Crippen LogP contribution in [0.5, 0.6) is 23.0 Å². The van der Waals surface area contributed by atoms with Crippen molar-refractivity contribution in [1.29, 1.82) is 0 Å². The quantitative estimate of drug-likeness (QED) is 0.0103. The van der Waals surface area contributed by atoms with Gasteiger partial charge in [0.1, 0.15) is 99.3 Å². The summed E-state index contributed by atoms with van der Waals surface area (Å²) in [5.74, 6) is -12.1. The van der Waals surface area contributed by atoms with Gasteiger partial charge in [0.2, 0.25) is 0 Å². The van der Waals surface area contributed by atoms with E-state index in [1.807, 2.05) is 48.5 Å². The van der Waals surface area contributed by atoms with Crippen LogP contribution in [0.4, 0.5) is 0 Å². The number of aromatic hydroxyl groups is 2. The fourth-order valence-corrected chi connectivity index (χ4v) is 17.7. The van der Waals surface area contributed by atoms with E-state index in [-0.39, 0.29) is 73.7 Å². The average Bonchev–Trinajstić information content (AvgIpc) is 0.765. The minimum atomic E-state index is -1.95. The number of fused-ring (bicyclic) bond motifs is 8. The molecule has 5 aliphatic rings. The lowest BCUT2D eigenvalue weighted by Gasteiger charge is -2.49. The van der Waals surface area contributed by atoms with Crippen LogP contribution in [0.2, 0.25) is 0 Å². The second-order valence-electron chi connectivity index (χ2n) is 40.2. The van der Waals surface area contributed by atoms with Gasteiger partial charge in [-0.15, -0.1) is 0 Å². The Labute approximate surface area is 857 Å². The number of ether oxygens (including phenoxy) is 22. The minimum absolute atomic E-state index is 0.0375. The van der Waals surface area contributed by atoms with E-state index in [1.165, 1.54) is 0 Å². The van der Waals surface area contributed by atoms with E-state index in [4.69, 9.17) is 129 Å². The molecule has 44 heteroatoms. The molecule has 4 aromatic carbocycles. The van der Waals surface area contributed by atoms with Crippen LogP contribution in [0.3, 0.4) is 0 Å². The van der Waals surface area contributed by atoms with E-state index in [2.05, 4.69) is 104 Å². The van der Waals surface area contributed by atoms with Crippen molar-refractivity contribution < 1.29 is 182 Å². The number of phenols is 2. The Balaban J connectivity index is 1.06. The van der Waals surface area contributed by atoms with Crippen LogP contribution in [0.25, 0.3) is 0 Å². The molecule has 146 heavy (non-hydrogen) atoms. The number of esters is 14. The summed E-state index contributed by atoms with van der Waals surface area (Å²) < 4.78 is 132. The summed E-state index contributed by atoms with van der Waals surface area (Å²) in [5, 5.41) is 38.5. The maximum atomic E-state index is 13.4. The van der Waals surface area contributed by atoms with Crippen molar-refractivity contribution >= 4 is 118 Å². The Morgan fingerprint density at radius 3 is 0.719 bits per heavy atom. The highest BCUT2D eigenvalue weighted by Crippen LogP contribution is 2.46. The van der Waals surface area contributed by atoms with Gasteiger partial charge < -0.3 is 136 Å². The van der Waals surface area contributed by atoms with Crippen molar-refractivity contribution in [3.8, 4) is 23.0 Å². The number of thiocarbonyl (C=S) groups is 2. The number of nitrogens with one attached hydrogen (secondary N) is 4. The Morgan fingerprint density at radius 2 is 0.493 bits per heavy atom. The molecule has 42 nitrogen and oxygen atoms in total. The summed E-state index contributed by atoms with van der Waals surface area (Å²) in [4.78, 5) is 181. The molecule has 0 radical (unpaired) electrons. The minimum Gasteiger partial charge on any atom is -0.507 e. The number of hydrogen-bond acceptors (Lipinski definition) is 40. The van der Waals surface area contributed by atoms with Gasteiger partial charge in [0, 0.05) is 123 Å². The molecule has 4 heterocycles. The van der Waals surface area contributed by atoms with Crippen LogP contribution in [-0.2, 0) is 209 Å². The number of carbonyl (C=O) groups is 14. The summed E-state index contributed by atoms with van der Waals surface area (Å²) in [5.41, 5.74) is 5.99. The van der Waals surface area contributed by atoms with Gasteiger partial charge in [-0.2, -0.15) is 0 Å². The highest BCUT2D eigenvalue weighted by atomic mass is 32.1. The molecule has 4 fully saturated rings. The molecule has 0 spiro atoms. The second kappa shape index (κ2) is 50.5. The lowest BCUT2D eigenvalue weighted by molar-refractivity contribution is -0.345. The van der Waals surface area contributed by atoms with Gasteiger partial charge in [-0.25, -0.2) is 0 Å². The standard InChI is InChI=1S/C102H136N4O38S2/c1-47(107)125-43-73-83(143-95-91(137-59(13)119)87(133-55(9)115)81(129-51(5)111)75(141-95)45-127-49(3)109)85(131-53(7)113)89(135-57(11)117)93(139-73)105-97(145)103-27-29-123-79-65-31-61-35-69(99(15,16)17)37-63(77(61)121)33-67-41-72(102(24,25)26)42-68(34-64-38-70(100(18,19)20)36-62(78(64)122)32-66(79)40-71(39-65)101(21,22)23)80(67)124-30-28-104-98(146)106-94-90(136-58(12)118)86(132-54(8)114)84(74(140-94)44-126-48(2)108)144-96-92(138-60(14)120)88(134-56(10)116)82(130-52(6)112)76(142-96)46-128-50(4)110/h35-42,73-76,81-96,121-122H,27-34,43-46H2,1-26H3,(H2,103,105,145)(H2,104,106,146). The molecule has 4 saturated heterocycles. The SMILES string of the molecule is CC(=O)OCC1OC(NC(=S)NCCOc2c3cc(C(C)(C)C)cc2Cc2cc(C(C)(C)C)cc(c2O)Cc2cc(C(C)(C)C)cc(c2OCCNC(=S)NC2OC(COC(C)=O)C(OC4OC(COC(C)=O)C(OC(C)=O)C(OC(C)=O)C4OC(C)=O)C(OC(C)=O)C2OC(C)=O)Cc2cc(C(C)(C)C)cc(c2O)C3)C(OC(C)=O)C(OC(C)=O)C1OC1OC(COC(C)=O)C(OC(C)=O)C(OC(C)=O)C1OC(C)=O. The number of benzene rings is 4. The maximum absolute atomic E-state index is 13.4. The zero-order valence-electron chi connectivity index (χ0n) is 87.1. The fraction of sp³-hybridized carbons (Fsp3) is 0.608. The van der Waals surface area contributed by atoms with Crippen molar-refractivity contribution in [1.82, 2.24) is 21.3 Å². The maximum Gasteiger partial charge on any atom is 0.303 e. The predicted octanol–water partition coefficient (Wildman–Crippen LogP) is 7.89. The van der Waals surface area contributed by atoms with Gasteiger partial charge in [-0.1, -0.05) is 132 Å². The number of phenolic OH excluding ortho intramolecular Hbond substituents is 2. The molecule has 804 valence electrons. The molecule has 4 aromatic rings. The van der Waals surface area contributed by atoms with E-state index in [1.54, 1.807) is 0 Å². The lowest BCUT2D eigenvalue weighted by atomic mass is 9.79. The first-order valence-electron chi connectivity index (χ1n) is 47.6. The molecule has 9 rings (SSSR count). The van der Waals surface area contributed by atoms with Crippen LogP contribution in [0.15, 0.2) is 48.5 Å². The number of carbonyl (C=O) groups excluding carboxylic acids is 14. The van der Waals surface area contributed by atoms with E-state index >= 15 is 0 Å². The summed E-state index contributed by atoms with van der Waals surface area (Å²) >= 11 is 12.0. The molecule has 0 amide bonds. The molecule has 20 atom stereocenters. The first kappa shape index (κ1) is 117. The largest absolute Gasteiger partial charge is 0.507 e. The normalized spacial score (nSPS) is 24.5. The number of hydrogen-bond donors (Lipinski definition) is 6. The third kappa shape index (κ3) is 32.9.